The Morgan fingerprint density at radius 2 is 2.11 bits per heavy atom. The maximum absolute atomic E-state index is 9.19. The molecule has 0 saturated carbocycles. The second-order valence-corrected chi connectivity index (χ2v) is 6.19. The highest BCUT2D eigenvalue weighted by Gasteiger charge is 2.12. The Balaban J connectivity index is 1.99. The number of nitrogens with zero attached hydrogens (tertiary/aromatic N) is 2. The molecule has 3 rings (SSSR count). The molecule has 0 radical (unpaired) electrons. The summed E-state index contributed by atoms with van der Waals surface area (Å²) in [5, 5.41) is 28.7. The van der Waals surface area contributed by atoms with Gasteiger partial charge < -0.3 is 14.8 Å². The zero-order chi connectivity index (χ0) is 20.1. The van der Waals surface area contributed by atoms with E-state index >= 15 is 0 Å². The molecular formula is C20H16ClN5O2. The smallest absolute Gasteiger partial charge is 0.239 e. The van der Waals surface area contributed by atoms with Crippen molar-refractivity contribution >= 4 is 40.5 Å². The molecule has 8 heteroatoms. The highest BCUT2D eigenvalue weighted by molar-refractivity contribution is 6.32. The molecule has 0 atom stereocenters. The van der Waals surface area contributed by atoms with Crippen molar-refractivity contribution in [3.8, 4) is 11.8 Å². The fourth-order valence-electron chi connectivity index (χ4n) is 2.69. The van der Waals surface area contributed by atoms with Gasteiger partial charge in [-0.25, -0.2) is 4.98 Å². The summed E-state index contributed by atoms with van der Waals surface area (Å²) in [7, 11) is 1.56. The quantitative estimate of drug-likeness (QED) is 0.426. The molecule has 3 aromatic rings. The Labute approximate surface area is 166 Å². The molecule has 140 valence electrons. The van der Waals surface area contributed by atoms with Crippen LogP contribution in [0.3, 0.4) is 0 Å². The summed E-state index contributed by atoms with van der Waals surface area (Å²) in [6, 6.07) is 14.4. The van der Waals surface area contributed by atoms with Crippen LogP contribution < -0.4 is 10.1 Å². The lowest BCUT2D eigenvalue weighted by Gasteiger charge is -2.13. The van der Waals surface area contributed by atoms with Crippen molar-refractivity contribution < 1.29 is 9.47 Å². The molecule has 0 bridgehead atoms. The van der Waals surface area contributed by atoms with Crippen molar-refractivity contribution in [2.75, 3.05) is 12.4 Å². The first-order valence-corrected chi connectivity index (χ1v) is 8.59. The average Bonchev–Trinajstić information content (AvgIpc) is 2.71. The summed E-state index contributed by atoms with van der Waals surface area (Å²) in [4.78, 5) is 4.38. The van der Waals surface area contributed by atoms with Gasteiger partial charge >= 0.3 is 0 Å². The Hall–Kier alpha value is -3.63. The summed E-state index contributed by atoms with van der Waals surface area (Å²) >= 11 is 6.18. The number of benzene rings is 2. The third-order valence-corrected chi connectivity index (χ3v) is 4.34. The first kappa shape index (κ1) is 19.1. The minimum absolute atomic E-state index is 0.239. The second-order valence-electron chi connectivity index (χ2n) is 5.79. The molecule has 1 heterocycles. The molecule has 0 saturated heterocycles. The Morgan fingerprint density at radius 1 is 1.29 bits per heavy atom. The molecule has 0 aliphatic carbocycles. The molecule has 0 fully saturated rings. The van der Waals surface area contributed by atoms with Gasteiger partial charge in [0.15, 0.2) is 6.40 Å². The molecule has 0 spiro atoms. The van der Waals surface area contributed by atoms with Crippen LogP contribution in [0.2, 0.25) is 5.02 Å². The van der Waals surface area contributed by atoms with Crippen LogP contribution in [0, 0.1) is 22.1 Å². The summed E-state index contributed by atoms with van der Waals surface area (Å²) in [6.45, 7) is 0.456. The van der Waals surface area contributed by atoms with Gasteiger partial charge in [0.2, 0.25) is 5.90 Å². The van der Waals surface area contributed by atoms with Crippen LogP contribution in [0.25, 0.3) is 10.9 Å². The zero-order valence-corrected chi connectivity index (χ0v) is 15.7. The fraction of sp³-hybridized carbons (Fsp3) is 0.100. The number of anilines is 1. The van der Waals surface area contributed by atoms with Gasteiger partial charge in [-0.1, -0.05) is 17.7 Å². The predicted molar refractivity (Wildman–Crippen MR) is 108 cm³/mol. The van der Waals surface area contributed by atoms with Crippen LogP contribution in [0.15, 0.2) is 42.5 Å². The van der Waals surface area contributed by atoms with E-state index in [1.807, 2.05) is 6.07 Å². The summed E-state index contributed by atoms with van der Waals surface area (Å²) < 4.78 is 10.00. The highest BCUT2D eigenvalue weighted by atomic mass is 35.5. The molecular weight excluding hydrogens is 378 g/mol. The van der Waals surface area contributed by atoms with E-state index in [4.69, 9.17) is 31.9 Å². The molecule has 3 N–H and O–H groups in total. The van der Waals surface area contributed by atoms with Gasteiger partial charge in [-0.15, -0.1) is 0 Å². The lowest BCUT2D eigenvalue weighted by Crippen LogP contribution is -2.08. The minimum atomic E-state index is -0.239. The van der Waals surface area contributed by atoms with Crippen molar-refractivity contribution in [1.29, 1.82) is 16.1 Å². The van der Waals surface area contributed by atoms with Gasteiger partial charge in [-0.2, -0.15) is 5.26 Å². The molecule has 1 aromatic heterocycles. The third-order valence-electron chi connectivity index (χ3n) is 4.05. The molecule has 0 unspecified atom stereocenters. The number of rotatable bonds is 6. The van der Waals surface area contributed by atoms with Crippen LogP contribution in [0.5, 0.6) is 5.75 Å². The Kier molecular flexibility index (Phi) is 5.72. The summed E-state index contributed by atoms with van der Waals surface area (Å²) in [6.07, 6.45) is 0.680. The molecule has 28 heavy (non-hydrogen) atoms. The lowest BCUT2D eigenvalue weighted by atomic mass is 10.1. The normalized spacial score (nSPS) is 10.2. The number of ether oxygens (including phenoxy) is 2. The SMILES string of the molecule is COc1ccc(CNc2cc(C(=N)OC=N)nc3ccc(C#N)cc23)cc1Cl. The maximum atomic E-state index is 9.19. The van der Waals surface area contributed by atoms with E-state index in [1.165, 1.54) is 0 Å². The monoisotopic (exact) mass is 393 g/mol. The number of hydrogen-bond donors (Lipinski definition) is 3. The van der Waals surface area contributed by atoms with E-state index in [1.54, 1.807) is 43.5 Å². The standard InChI is InChI=1S/C20H16ClN5O2/c1-27-19-5-3-13(7-15(19)21)10-25-17-8-18(20(24)28-11-23)26-16-4-2-12(9-22)6-14(16)17/h2-8,11,23-24H,10H2,1H3,(H,25,26). The number of halogens is 1. The topological polar surface area (TPSA) is 115 Å². The van der Waals surface area contributed by atoms with Gasteiger partial charge in [0.25, 0.3) is 0 Å². The number of methoxy groups -OCH3 is 1. The molecule has 0 aliphatic rings. The van der Waals surface area contributed by atoms with Crippen molar-refractivity contribution in [2.45, 2.75) is 6.54 Å². The van der Waals surface area contributed by atoms with Crippen LogP contribution in [-0.2, 0) is 11.3 Å². The first-order valence-electron chi connectivity index (χ1n) is 8.21. The number of pyridine rings is 1. The average molecular weight is 394 g/mol. The first-order chi connectivity index (χ1) is 13.5. The van der Waals surface area contributed by atoms with Gasteiger partial charge in [-0.05, 0) is 42.0 Å². The van der Waals surface area contributed by atoms with Crippen LogP contribution in [0.4, 0.5) is 5.69 Å². The zero-order valence-electron chi connectivity index (χ0n) is 14.9. The Bertz CT molecular complexity index is 1110. The predicted octanol–water partition coefficient (Wildman–Crippen LogP) is 4.33. The van der Waals surface area contributed by atoms with Gasteiger partial charge in [-0.3, -0.25) is 10.8 Å². The van der Waals surface area contributed by atoms with E-state index in [0.717, 1.165) is 10.9 Å². The third kappa shape index (κ3) is 4.03. The van der Waals surface area contributed by atoms with Gasteiger partial charge in [0.1, 0.15) is 11.4 Å². The fourth-order valence-corrected chi connectivity index (χ4v) is 2.97. The number of fused-ring (bicyclic) bond motifs is 1. The number of aromatic nitrogens is 1. The van der Waals surface area contributed by atoms with E-state index in [-0.39, 0.29) is 11.6 Å². The van der Waals surface area contributed by atoms with Crippen LogP contribution in [-0.4, -0.2) is 24.4 Å². The summed E-state index contributed by atoms with van der Waals surface area (Å²) in [5.74, 6) is 0.356. The largest absolute Gasteiger partial charge is 0.495 e. The van der Waals surface area contributed by atoms with Crippen molar-refractivity contribution in [1.82, 2.24) is 4.98 Å². The molecule has 0 amide bonds. The summed E-state index contributed by atoms with van der Waals surface area (Å²) in [5.41, 5.74) is 2.99. The second kappa shape index (κ2) is 8.37. The van der Waals surface area contributed by atoms with Gasteiger partial charge in [0, 0.05) is 17.6 Å². The minimum Gasteiger partial charge on any atom is -0.495 e. The maximum Gasteiger partial charge on any atom is 0.239 e. The van der Waals surface area contributed by atoms with Crippen LogP contribution >= 0.6 is 11.6 Å². The van der Waals surface area contributed by atoms with Crippen molar-refractivity contribution in [2.24, 2.45) is 0 Å². The van der Waals surface area contributed by atoms with E-state index in [0.29, 0.717) is 40.5 Å². The Morgan fingerprint density at radius 3 is 2.79 bits per heavy atom. The van der Waals surface area contributed by atoms with Crippen molar-refractivity contribution in [3.05, 3.63) is 64.3 Å². The highest BCUT2D eigenvalue weighted by Crippen LogP contribution is 2.28. The van der Waals surface area contributed by atoms with Gasteiger partial charge in [0.05, 0.1) is 29.3 Å². The van der Waals surface area contributed by atoms with E-state index in [2.05, 4.69) is 16.4 Å². The van der Waals surface area contributed by atoms with Crippen LogP contribution in [0.1, 0.15) is 16.8 Å². The van der Waals surface area contributed by atoms with Crippen molar-refractivity contribution in [3.63, 3.8) is 0 Å². The van der Waals surface area contributed by atoms with E-state index in [9.17, 15) is 5.26 Å². The van der Waals surface area contributed by atoms with E-state index < -0.39 is 0 Å². The lowest BCUT2D eigenvalue weighted by molar-refractivity contribution is 0.415. The molecule has 7 nitrogen and oxygen atoms in total. The molecule has 0 aliphatic heterocycles. The number of nitriles is 1. The molecule has 2 aromatic carbocycles. The number of hydrogen-bond acceptors (Lipinski definition) is 7. The number of nitrogens with one attached hydrogen (secondary N) is 3.